The number of hydrogen-bond acceptors (Lipinski definition) is 4. The van der Waals surface area contributed by atoms with E-state index < -0.39 is 0 Å². The smallest absolute Gasteiger partial charge is 0.279 e. The van der Waals surface area contributed by atoms with Gasteiger partial charge in [0.15, 0.2) is 4.77 Å². The van der Waals surface area contributed by atoms with Crippen LogP contribution in [-0.4, -0.2) is 16.7 Å². The highest BCUT2D eigenvalue weighted by atomic mass is 32.1. The van der Waals surface area contributed by atoms with E-state index >= 15 is 0 Å². The van der Waals surface area contributed by atoms with Crippen LogP contribution in [0.2, 0.25) is 0 Å². The van der Waals surface area contributed by atoms with Crippen molar-refractivity contribution in [2.75, 3.05) is 12.6 Å². The van der Waals surface area contributed by atoms with E-state index in [9.17, 15) is 4.79 Å². The summed E-state index contributed by atoms with van der Waals surface area (Å²) < 4.78 is 1.69. The third-order valence-electron chi connectivity index (χ3n) is 1.39. The minimum absolute atomic E-state index is 0.222. The molecule has 1 aromatic rings. The first kappa shape index (κ1) is 8.95. The molecule has 0 amide bonds. The maximum Gasteiger partial charge on any atom is 0.279 e. The lowest BCUT2D eigenvalue weighted by Gasteiger charge is -2.03. The third-order valence-corrected chi connectivity index (χ3v) is 1.78. The number of anilines is 1. The molecule has 0 bridgehead atoms. The van der Waals surface area contributed by atoms with Gasteiger partial charge in [-0.1, -0.05) is 0 Å². The molecular formula is C6H9N3O2S. The first-order valence-corrected chi connectivity index (χ1v) is 3.65. The Morgan fingerprint density at radius 2 is 2.42 bits per heavy atom. The molecule has 0 spiro atoms. The zero-order chi connectivity index (χ0) is 9.14. The molecule has 0 aliphatic rings. The van der Waals surface area contributed by atoms with E-state index in [1.807, 2.05) is 0 Å². The van der Waals surface area contributed by atoms with E-state index in [1.165, 1.54) is 17.9 Å². The molecule has 0 aromatic carbocycles. The van der Waals surface area contributed by atoms with Gasteiger partial charge in [0.25, 0.3) is 5.56 Å². The van der Waals surface area contributed by atoms with Gasteiger partial charge in [-0.2, -0.15) is 0 Å². The molecule has 0 saturated heterocycles. The van der Waals surface area contributed by atoms with Gasteiger partial charge in [0.05, 0.1) is 7.11 Å². The van der Waals surface area contributed by atoms with Gasteiger partial charge in [0.1, 0.15) is 5.69 Å². The van der Waals surface area contributed by atoms with Gasteiger partial charge >= 0.3 is 0 Å². The van der Waals surface area contributed by atoms with E-state index in [-0.39, 0.29) is 5.56 Å². The van der Waals surface area contributed by atoms with E-state index in [2.05, 4.69) is 15.3 Å². The highest BCUT2D eigenvalue weighted by Gasteiger charge is 1.99. The molecule has 1 heterocycles. The predicted molar refractivity (Wildman–Crippen MR) is 47.5 cm³/mol. The van der Waals surface area contributed by atoms with Crippen molar-refractivity contribution >= 4 is 17.9 Å². The minimum atomic E-state index is -0.222. The van der Waals surface area contributed by atoms with Crippen molar-refractivity contribution in [2.45, 2.75) is 0 Å². The largest absolute Gasteiger partial charge is 0.336 e. The first-order valence-electron chi connectivity index (χ1n) is 3.24. The van der Waals surface area contributed by atoms with Crippen molar-refractivity contribution in [3.63, 3.8) is 0 Å². The average molecular weight is 187 g/mol. The summed E-state index contributed by atoms with van der Waals surface area (Å²) in [5.41, 5.74) is 2.54. The van der Waals surface area contributed by atoms with Gasteiger partial charge in [-0.05, 0) is 12.2 Å². The molecule has 66 valence electrons. The molecule has 6 heteroatoms. The lowest BCUT2D eigenvalue weighted by atomic mass is 10.5. The van der Waals surface area contributed by atoms with Crippen molar-refractivity contribution in [3.8, 4) is 0 Å². The zero-order valence-electron chi connectivity index (χ0n) is 6.75. The number of hydrogen-bond donors (Lipinski definition) is 2. The fourth-order valence-electron chi connectivity index (χ4n) is 0.748. The highest BCUT2D eigenvalue weighted by molar-refractivity contribution is 7.71. The molecule has 12 heavy (non-hydrogen) atoms. The fourth-order valence-corrected chi connectivity index (χ4v) is 0.890. The Labute approximate surface area is 73.9 Å². The average Bonchev–Trinajstić information content (AvgIpc) is 2.07. The van der Waals surface area contributed by atoms with Gasteiger partial charge in [-0.25, -0.2) is 0 Å². The second-order valence-corrected chi connectivity index (χ2v) is 2.56. The topological polar surface area (TPSA) is 59.0 Å². The van der Waals surface area contributed by atoms with Gasteiger partial charge in [0.2, 0.25) is 0 Å². The summed E-state index contributed by atoms with van der Waals surface area (Å²) >= 11 is 4.82. The Hall–Kier alpha value is -1.14. The Morgan fingerprint density at radius 3 is 3.00 bits per heavy atom. The molecule has 1 rings (SSSR count). The van der Waals surface area contributed by atoms with Crippen LogP contribution in [0.15, 0.2) is 11.0 Å². The third kappa shape index (κ3) is 1.54. The van der Waals surface area contributed by atoms with E-state index in [0.29, 0.717) is 10.5 Å². The van der Waals surface area contributed by atoms with E-state index in [1.54, 1.807) is 7.05 Å². The molecule has 0 fully saturated rings. The normalized spacial score (nSPS) is 9.83. The summed E-state index contributed by atoms with van der Waals surface area (Å²) in [6, 6.07) is 0. The molecule has 1 aromatic heterocycles. The predicted octanol–water partition coefficient (Wildman–Crippen LogP) is 0.416. The van der Waals surface area contributed by atoms with Crippen LogP contribution in [0.3, 0.4) is 0 Å². The SMILES string of the molecule is CONc1c[nH]c(=S)n(C)c1=O. The molecule has 2 N–H and O–H groups in total. The summed E-state index contributed by atoms with van der Waals surface area (Å²) in [5, 5.41) is 0. The molecule has 0 atom stereocenters. The zero-order valence-corrected chi connectivity index (χ0v) is 7.57. The summed E-state index contributed by atoms with van der Waals surface area (Å²) in [5.74, 6) is 0. The van der Waals surface area contributed by atoms with Crippen LogP contribution in [0, 0.1) is 4.77 Å². The molecule has 5 nitrogen and oxygen atoms in total. The second-order valence-electron chi connectivity index (χ2n) is 2.18. The van der Waals surface area contributed by atoms with Crippen molar-refractivity contribution in [1.82, 2.24) is 9.55 Å². The van der Waals surface area contributed by atoms with Gasteiger partial charge < -0.3 is 4.98 Å². The number of rotatable bonds is 2. The molecule has 0 radical (unpaired) electrons. The minimum Gasteiger partial charge on any atom is -0.336 e. The van der Waals surface area contributed by atoms with Crippen molar-refractivity contribution in [3.05, 3.63) is 21.3 Å². The number of nitrogens with zero attached hydrogens (tertiary/aromatic N) is 1. The lowest BCUT2D eigenvalue weighted by molar-refractivity contribution is 0.270. The maximum absolute atomic E-state index is 11.3. The first-order chi connectivity index (χ1) is 5.66. The monoisotopic (exact) mass is 187 g/mol. The van der Waals surface area contributed by atoms with Crippen molar-refractivity contribution < 1.29 is 4.84 Å². The second kappa shape index (κ2) is 3.51. The van der Waals surface area contributed by atoms with Gasteiger partial charge in [0, 0.05) is 13.2 Å². The molecular weight excluding hydrogens is 178 g/mol. The number of aromatic nitrogens is 2. The van der Waals surface area contributed by atoms with Gasteiger partial charge in [-0.15, -0.1) is 0 Å². The van der Waals surface area contributed by atoms with Crippen LogP contribution < -0.4 is 11.0 Å². The molecule has 0 unspecified atom stereocenters. The maximum atomic E-state index is 11.3. The van der Waals surface area contributed by atoms with Crippen molar-refractivity contribution in [2.24, 2.45) is 7.05 Å². The fraction of sp³-hybridized carbons (Fsp3) is 0.333. The van der Waals surface area contributed by atoms with Crippen LogP contribution in [0.1, 0.15) is 0 Å². The Balaban J connectivity index is 3.27. The van der Waals surface area contributed by atoms with E-state index in [4.69, 9.17) is 12.2 Å². The van der Waals surface area contributed by atoms with E-state index in [0.717, 1.165) is 0 Å². The Morgan fingerprint density at radius 1 is 1.75 bits per heavy atom. The van der Waals surface area contributed by atoms with Crippen molar-refractivity contribution in [1.29, 1.82) is 0 Å². The van der Waals surface area contributed by atoms with Crippen LogP contribution in [0.25, 0.3) is 0 Å². The van der Waals surface area contributed by atoms with Crippen LogP contribution in [-0.2, 0) is 11.9 Å². The summed E-state index contributed by atoms with van der Waals surface area (Å²) in [7, 11) is 3.02. The lowest BCUT2D eigenvalue weighted by Crippen LogP contribution is -2.22. The summed E-state index contributed by atoms with van der Waals surface area (Å²) in [4.78, 5) is 18.6. The number of nitrogens with one attached hydrogen (secondary N) is 2. The van der Waals surface area contributed by atoms with Crippen LogP contribution in [0.4, 0.5) is 5.69 Å². The number of aromatic amines is 1. The molecule has 0 aliphatic heterocycles. The Kier molecular flexibility index (Phi) is 2.61. The Bertz CT molecular complexity index is 381. The number of H-pyrrole nitrogens is 1. The van der Waals surface area contributed by atoms with Gasteiger partial charge in [-0.3, -0.25) is 19.7 Å². The summed E-state index contributed by atoms with van der Waals surface area (Å²) in [6.45, 7) is 0. The standard InChI is InChI=1S/C6H9N3O2S/c1-9-5(10)4(8-11-2)3-7-6(9)12/h3,8H,1-2H3,(H,7,12). The molecule has 0 saturated carbocycles. The molecule has 0 aliphatic carbocycles. The quantitative estimate of drug-likeness (QED) is 0.520. The highest BCUT2D eigenvalue weighted by Crippen LogP contribution is 1.94. The summed E-state index contributed by atoms with van der Waals surface area (Å²) in [6.07, 6.45) is 1.47. The van der Waals surface area contributed by atoms with Crippen LogP contribution in [0.5, 0.6) is 0 Å². The van der Waals surface area contributed by atoms with Crippen LogP contribution >= 0.6 is 12.2 Å².